The molecular weight excluding hydrogens is 190 g/mol. The van der Waals surface area contributed by atoms with Crippen LogP contribution in [0.4, 0.5) is 11.4 Å². The summed E-state index contributed by atoms with van der Waals surface area (Å²) in [4.78, 5) is 3.80. The van der Waals surface area contributed by atoms with E-state index in [1.807, 2.05) is 0 Å². The fourth-order valence-corrected chi connectivity index (χ4v) is 1.42. The number of aromatic hydroxyl groups is 1. The molecule has 1 aromatic heterocycles. The maximum Gasteiger partial charge on any atom is 0.141 e. The minimum atomic E-state index is 0.0924. The fraction of sp³-hybridized carbons (Fsp3) is 0. The smallest absolute Gasteiger partial charge is 0.141 e. The van der Waals surface area contributed by atoms with E-state index < -0.39 is 0 Å². The van der Waals surface area contributed by atoms with Gasteiger partial charge in [-0.15, -0.1) is 0 Å². The second-order valence-electron chi connectivity index (χ2n) is 3.24. The predicted octanol–water partition coefficient (Wildman–Crippen LogP) is 1.62. The molecule has 15 heavy (non-hydrogen) atoms. The van der Waals surface area contributed by atoms with Crippen LogP contribution >= 0.6 is 0 Å². The number of nitrogen functional groups attached to an aromatic ring is 2. The highest BCUT2D eigenvalue weighted by atomic mass is 16.3. The van der Waals surface area contributed by atoms with Crippen LogP contribution in [-0.2, 0) is 0 Å². The average Bonchev–Trinajstić information content (AvgIpc) is 2.23. The van der Waals surface area contributed by atoms with E-state index in [1.54, 1.807) is 30.5 Å². The molecule has 0 spiro atoms. The molecule has 0 atom stereocenters. The highest BCUT2D eigenvalue weighted by Gasteiger charge is 2.07. The van der Waals surface area contributed by atoms with Crippen molar-refractivity contribution in [3.63, 3.8) is 0 Å². The van der Waals surface area contributed by atoms with Crippen molar-refractivity contribution in [2.45, 2.75) is 0 Å². The number of anilines is 2. The third-order valence-corrected chi connectivity index (χ3v) is 2.17. The van der Waals surface area contributed by atoms with E-state index in [-0.39, 0.29) is 5.75 Å². The lowest BCUT2D eigenvalue weighted by atomic mass is 10.0. The van der Waals surface area contributed by atoms with Crippen molar-refractivity contribution in [1.82, 2.24) is 4.98 Å². The zero-order chi connectivity index (χ0) is 10.8. The van der Waals surface area contributed by atoms with E-state index in [1.165, 1.54) is 6.20 Å². The van der Waals surface area contributed by atoms with E-state index in [0.717, 1.165) is 5.56 Å². The first-order valence-corrected chi connectivity index (χ1v) is 4.47. The quantitative estimate of drug-likeness (QED) is 0.612. The molecule has 0 aliphatic heterocycles. The number of aromatic nitrogens is 1. The number of benzene rings is 1. The maximum absolute atomic E-state index is 9.62. The Bertz CT molecular complexity index is 497. The summed E-state index contributed by atoms with van der Waals surface area (Å²) in [6.07, 6.45) is 2.97. The number of nitrogens with two attached hydrogens (primary N) is 2. The van der Waals surface area contributed by atoms with Gasteiger partial charge in [-0.3, -0.25) is 4.98 Å². The molecule has 0 saturated heterocycles. The number of hydrogen-bond acceptors (Lipinski definition) is 4. The summed E-state index contributed by atoms with van der Waals surface area (Å²) < 4.78 is 0. The lowest BCUT2D eigenvalue weighted by Gasteiger charge is -2.08. The van der Waals surface area contributed by atoms with Gasteiger partial charge in [0.05, 0.1) is 6.20 Å². The summed E-state index contributed by atoms with van der Waals surface area (Å²) in [5, 5.41) is 9.62. The maximum atomic E-state index is 9.62. The van der Waals surface area contributed by atoms with Gasteiger partial charge in [-0.2, -0.15) is 0 Å². The zero-order valence-corrected chi connectivity index (χ0v) is 8.01. The highest BCUT2D eigenvalue weighted by molar-refractivity contribution is 5.82. The molecule has 2 rings (SSSR count). The molecule has 0 aliphatic carbocycles. The third kappa shape index (κ3) is 1.69. The van der Waals surface area contributed by atoms with Crippen LogP contribution in [-0.4, -0.2) is 10.1 Å². The van der Waals surface area contributed by atoms with Gasteiger partial charge in [0.15, 0.2) is 0 Å². The van der Waals surface area contributed by atoms with Crippen LogP contribution in [0.25, 0.3) is 11.1 Å². The molecule has 0 amide bonds. The van der Waals surface area contributed by atoms with Crippen LogP contribution in [0, 0.1) is 0 Å². The van der Waals surface area contributed by atoms with Crippen molar-refractivity contribution in [3.05, 3.63) is 36.7 Å². The molecule has 1 heterocycles. The highest BCUT2D eigenvalue weighted by Crippen LogP contribution is 2.33. The first-order valence-electron chi connectivity index (χ1n) is 4.47. The van der Waals surface area contributed by atoms with Gasteiger partial charge in [-0.1, -0.05) is 0 Å². The van der Waals surface area contributed by atoms with Crippen molar-refractivity contribution >= 4 is 11.4 Å². The van der Waals surface area contributed by atoms with Crippen LogP contribution in [0.15, 0.2) is 36.7 Å². The van der Waals surface area contributed by atoms with E-state index >= 15 is 0 Å². The zero-order valence-electron chi connectivity index (χ0n) is 8.01. The van der Waals surface area contributed by atoms with Gasteiger partial charge in [-0.25, -0.2) is 0 Å². The van der Waals surface area contributed by atoms with Gasteiger partial charge in [0.1, 0.15) is 5.75 Å². The number of nitrogens with zero attached hydrogens (tertiary/aromatic N) is 1. The van der Waals surface area contributed by atoms with Crippen molar-refractivity contribution in [1.29, 1.82) is 0 Å². The van der Waals surface area contributed by atoms with Gasteiger partial charge in [0, 0.05) is 28.7 Å². The lowest BCUT2D eigenvalue weighted by Crippen LogP contribution is -1.93. The third-order valence-electron chi connectivity index (χ3n) is 2.17. The predicted molar refractivity (Wildman–Crippen MR) is 60.2 cm³/mol. The van der Waals surface area contributed by atoms with Crippen molar-refractivity contribution < 1.29 is 5.11 Å². The first-order chi connectivity index (χ1) is 7.18. The van der Waals surface area contributed by atoms with Crippen LogP contribution in [0.1, 0.15) is 0 Å². The van der Waals surface area contributed by atoms with Gasteiger partial charge in [0.25, 0.3) is 0 Å². The molecule has 0 saturated carbocycles. The van der Waals surface area contributed by atoms with Gasteiger partial charge < -0.3 is 16.6 Å². The van der Waals surface area contributed by atoms with Gasteiger partial charge in [0.2, 0.25) is 0 Å². The molecule has 0 aliphatic rings. The summed E-state index contributed by atoms with van der Waals surface area (Å²) >= 11 is 0. The Hall–Kier alpha value is -2.23. The second kappa shape index (κ2) is 3.49. The van der Waals surface area contributed by atoms with E-state index in [2.05, 4.69) is 4.98 Å². The first kappa shape index (κ1) is 9.33. The molecule has 4 nitrogen and oxygen atoms in total. The number of pyridine rings is 1. The molecule has 0 fully saturated rings. The number of hydrogen-bond donors (Lipinski definition) is 3. The van der Waals surface area contributed by atoms with Crippen LogP contribution in [0.3, 0.4) is 0 Å². The van der Waals surface area contributed by atoms with E-state index in [0.29, 0.717) is 16.9 Å². The summed E-state index contributed by atoms with van der Waals surface area (Å²) in [6, 6.07) is 6.85. The molecule has 0 radical (unpaired) electrons. The van der Waals surface area contributed by atoms with Crippen LogP contribution in [0.5, 0.6) is 5.75 Å². The molecule has 4 heteroatoms. The fourth-order valence-electron chi connectivity index (χ4n) is 1.42. The van der Waals surface area contributed by atoms with Crippen molar-refractivity contribution in [2.24, 2.45) is 0 Å². The minimum Gasteiger partial charge on any atom is -0.506 e. The lowest BCUT2D eigenvalue weighted by molar-refractivity contribution is 0.475. The Morgan fingerprint density at radius 2 is 1.87 bits per heavy atom. The van der Waals surface area contributed by atoms with E-state index in [4.69, 9.17) is 11.5 Å². The summed E-state index contributed by atoms with van der Waals surface area (Å²) in [5.74, 6) is 0.0924. The minimum absolute atomic E-state index is 0.0924. The molecule has 76 valence electrons. The summed E-state index contributed by atoms with van der Waals surface area (Å²) in [6.45, 7) is 0. The van der Waals surface area contributed by atoms with Crippen molar-refractivity contribution in [2.75, 3.05) is 11.5 Å². The van der Waals surface area contributed by atoms with Crippen LogP contribution in [0.2, 0.25) is 0 Å². The summed E-state index contributed by atoms with van der Waals surface area (Å²) in [5.41, 5.74) is 14.0. The van der Waals surface area contributed by atoms with E-state index in [9.17, 15) is 5.11 Å². The Labute approximate surface area is 87.2 Å². The molecular formula is C11H11N3O. The Kier molecular flexibility index (Phi) is 2.17. The van der Waals surface area contributed by atoms with Crippen molar-refractivity contribution in [3.8, 4) is 16.9 Å². The second-order valence-corrected chi connectivity index (χ2v) is 3.24. The number of rotatable bonds is 1. The average molecular weight is 201 g/mol. The monoisotopic (exact) mass is 201 g/mol. The van der Waals surface area contributed by atoms with Crippen LogP contribution < -0.4 is 11.5 Å². The normalized spacial score (nSPS) is 10.1. The molecule has 5 N–H and O–H groups in total. The molecule has 2 aromatic rings. The standard InChI is InChI=1S/C11H11N3O/c12-7-1-2-10(13)9(5-7)8-3-4-14-6-11(8)15/h1-6,15H,12-13H2. The Morgan fingerprint density at radius 1 is 1.07 bits per heavy atom. The molecule has 1 aromatic carbocycles. The summed E-state index contributed by atoms with van der Waals surface area (Å²) in [7, 11) is 0. The molecule has 0 bridgehead atoms. The Balaban J connectivity index is 2.64. The Morgan fingerprint density at radius 3 is 2.60 bits per heavy atom. The topological polar surface area (TPSA) is 85.2 Å². The SMILES string of the molecule is Nc1ccc(N)c(-c2ccncc2O)c1. The largest absolute Gasteiger partial charge is 0.506 e. The van der Waals surface area contributed by atoms with Gasteiger partial charge >= 0.3 is 0 Å². The van der Waals surface area contributed by atoms with Gasteiger partial charge in [-0.05, 0) is 24.3 Å². The molecule has 0 unspecified atom stereocenters.